The Kier molecular flexibility index (Phi) is 23.1. The maximum atomic E-state index is 11.7. The second-order valence-corrected chi connectivity index (χ2v) is 11.0. The van der Waals surface area contributed by atoms with Crippen LogP contribution in [0.15, 0.2) is 0 Å². The number of hydrogen-bond acceptors (Lipinski definition) is 3. The van der Waals surface area contributed by atoms with Crippen LogP contribution in [0.25, 0.3) is 0 Å². The number of rotatable bonds is 25. The van der Waals surface area contributed by atoms with Gasteiger partial charge in [0, 0.05) is 13.0 Å². The van der Waals surface area contributed by atoms with Crippen molar-refractivity contribution in [2.45, 2.75) is 148 Å². The molecule has 0 aliphatic rings. The van der Waals surface area contributed by atoms with Crippen molar-refractivity contribution in [1.29, 1.82) is 0 Å². The van der Waals surface area contributed by atoms with Gasteiger partial charge in [0.15, 0.2) is 0 Å². The molecule has 0 spiro atoms. The summed E-state index contributed by atoms with van der Waals surface area (Å²) in [6.07, 6.45) is 27.0. The third-order valence-electron chi connectivity index (χ3n) is 6.16. The van der Waals surface area contributed by atoms with Gasteiger partial charge in [0.05, 0.1) is 5.75 Å². The number of nitrogens with one attached hydrogen (secondary N) is 1. The fraction of sp³-hybridized carbons (Fsp3) is 0.962. The molecule has 0 rings (SSSR count). The number of carbonyl (C=O) groups excluding carboxylic acids is 1. The second kappa shape index (κ2) is 23.5. The predicted molar refractivity (Wildman–Crippen MR) is 137 cm³/mol. The summed E-state index contributed by atoms with van der Waals surface area (Å²) in [6.45, 7) is 2.76. The van der Waals surface area contributed by atoms with E-state index < -0.39 is 10.1 Å². The number of hydrogen-bond donors (Lipinski definition) is 2. The van der Waals surface area contributed by atoms with Crippen molar-refractivity contribution < 1.29 is 17.8 Å². The van der Waals surface area contributed by atoms with E-state index in [1.54, 1.807) is 0 Å². The lowest BCUT2D eigenvalue weighted by molar-refractivity contribution is -0.121. The quantitative estimate of drug-likeness (QED) is 0.105. The van der Waals surface area contributed by atoms with Crippen LogP contribution in [-0.4, -0.2) is 31.2 Å². The highest BCUT2D eigenvalue weighted by Crippen LogP contribution is 2.14. The lowest BCUT2D eigenvalue weighted by Crippen LogP contribution is -2.24. The van der Waals surface area contributed by atoms with Crippen molar-refractivity contribution in [2.75, 3.05) is 12.3 Å². The van der Waals surface area contributed by atoms with Crippen molar-refractivity contribution in [1.82, 2.24) is 5.32 Å². The molecule has 1 amide bonds. The maximum Gasteiger partial charge on any atom is 0.264 e. The van der Waals surface area contributed by atoms with E-state index >= 15 is 0 Å². The van der Waals surface area contributed by atoms with Gasteiger partial charge in [0.25, 0.3) is 10.1 Å². The maximum absolute atomic E-state index is 11.7. The molecule has 192 valence electrons. The van der Waals surface area contributed by atoms with Crippen LogP contribution in [0.1, 0.15) is 148 Å². The van der Waals surface area contributed by atoms with Gasteiger partial charge in [-0.1, -0.05) is 122 Å². The summed E-state index contributed by atoms with van der Waals surface area (Å²) in [7, 11) is -3.88. The Hall–Kier alpha value is -0.620. The number of carbonyl (C=O) groups is 1. The average molecular weight is 476 g/mol. The standard InChI is InChI=1S/C26H53NO4S/c1-2-3-4-5-6-7-8-9-10-11-12-13-14-15-16-17-18-19-20-23-26(28)27-24-21-22-25-32(29,30)31/h2-25H2,1H3,(H,27,28)(H,29,30,31). The normalized spacial score (nSPS) is 11.7. The van der Waals surface area contributed by atoms with Crippen molar-refractivity contribution in [3.63, 3.8) is 0 Å². The lowest BCUT2D eigenvalue weighted by Gasteiger charge is -2.05. The van der Waals surface area contributed by atoms with E-state index in [0.717, 1.165) is 12.8 Å². The Labute approximate surface area is 199 Å². The molecule has 0 aromatic rings. The first-order valence-electron chi connectivity index (χ1n) is 13.7. The molecule has 0 bridgehead atoms. The summed E-state index contributed by atoms with van der Waals surface area (Å²) in [6, 6.07) is 0. The Morgan fingerprint density at radius 2 is 0.969 bits per heavy atom. The molecular weight excluding hydrogens is 422 g/mol. The van der Waals surface area contributed by atoms with Crippen LogP contribution in [0.5, 0.6) is 0 Å². The molecule has 0 saturated carbocycles. The molecule has 0 aromatic heterocycles. The van der Waals surface area contributed by atoms with Gasteiger partial charge in [-0.05, 0) is 19.3 Å². The van der Waals surface area contributed by atoms with Crippen LogP contribution < -0.4 is 5.32 Å². The van der Waals surface area contributed by atoms with E-state index in [1.807, 2.05) is 0 Å². The van der Waals surface area contributed by atoms with Crippen LogP contribution >= 0.6 is 0 Å². The summed E-state index contributed by atoms with van der Waals surface area (Å²) >= 11 is 0. The molecule has 0 unspecified atom stereocenters. The van der Waals surface area contributed by atoms with Crippen LogP contribution in [0.3, 0.4) is 0 Å². The largest absolute Gasteiger partial charge is 0.356 e. The van der Waals surface area contributed by atoms with E-state index in [-0.39, 0.29) is 11.7 Å². The molecule has 0 atom stereocenters. The highest BCUT2D eigenvalue weighted by atomic mass is 32.2. The van der Waals surface area contributed by atoms with Crippen molar-refractivity contribution >= 4 is 16.0 Å². The number of unbranched alkanes of at least 4 members (excludes halogenated alkanes) is 19. The van der Waals surface area contributed by atoms with Gasteiger partial charge < -0.3 is 5.32 Å². The molecule has 0 aliphatic heterocycles. The van der Waals surface area contributed by atoms with E-state index in [2.05, 4.69) is 12.2 Å². The van der Waals surface area contributed by atoms with Crippen LogP contribution in [0.2, 0.25) is 0 Å². The van der Waals surface area contributed by atoms with E-state index in [9.17, 15) is 13.2 Å². The topological polar surface area (TPSA) is 83.5 Å². The Balaban J connectivity index is 3.16. The summed E-state index contributed by atoms with van der Waals surface area (Å²) in [4.78, 5) is 11.7. The fourth-order valence-electron chi connectivity index (χ4n) is 4.09. The smallest absolute Gasteiger partial charge is 0.264 e. The van der Waals surface area contributed by atoms with Crippen molar-refractivity contribution in [2.24, 2.45) is 0 Å². The van der Waals surface area contributed by atoms with E-state index in [0.29, 0.717) is 25.8 Å². The van der Waals surface area contributed by atoms with Crippen LogP contribution in [0, 0.1) is 0 Å². The molecule has 32 heavy (non-hydrogen) atoms. The first-order valence-corrected chi connectivity index (χ1v) is 15.3. The molecule has 0 aromatic carbocycles. The van der Waals surface area contributed by atoms with Crippen LogP contribution in [-0.2, 0) is 14.9 Å². The average Bonchev–Trinajstić information content (AvgIpc) is 2.74. The molecule has 0 fully saturated rings. The van der Waals surface area contributed by atoms with Gasteiger partial charge in [-0.2, -0.15) is 8.42 Å². The van der Waals surface area contributed by atoms with Crippen molar-refractivity contribution in [3.05, 3.63) is 0 Å². The molecule has 0 saturated heterocycles. The summed E-state index contributed by atoms with van der Waals surface area (Å²) in [5.41, 5.74) is 0. The molecular formula is C26H53NO4S. The third-order valence-corrected chi connectivity index (χ3v) is 6.96. The zero-order chi connectivity index (χ0) is 23.8. The van der Waals surface area contributed by atoms with Gasteiger partial charge in [-0.25, -0.2) is 0 Å². The molecule has 5 nitrogen and oxygen atoms in total. The predicted octanol–water partition coefficient (Wildman–Crippen LogP) is 7.59. The first-order chi connectivity index (χ1) is 15.5. The minimum atomic E-state index is -3.88. The SMILES string of the molecule is CCCCCCCCCCCCCCCCCCCCCC(=O)NCCCCS(=O)(=O)O. The van der Waals surface area contributed by atoms with E-state index in [1.165, 1.54) is 109 Å². The Morgan fingerprint density at radius 3 is 1.34 bits per heavy atom. The van der Waals surface area contributed by atoms with E-state index in [4.69, 9.17) is 4.55 Å². The monoisotopic (exact) mass is 475 g/mol. The van der Waals surface area contributed by atoms with Crippen LogP contribution in [0.4, 0.5) is 0 Å². The molecule has 0 radical (unpaired) electrons. The number of amides is 1. The summed E-state index contributed by atoms with van der Waals surface area (Å²) in [5, 5.41) is 2.81. The van der Waals surface area contributed by atoms with Crippen molar-refractivity contribution in [3.8, 4) is 0 Å². The third kappa shape index (κ3) is 27.4. The lowest BCUT2D eigenvalue weighted by atomic mass is 10.0. The first kappa shape index (κ1) is 31.4. The zero-order valence-corrected chi connectivity index (χ0v) is 21.9. The Bertz CT molecular complexity index is 508. The summed E-state index contributed by atoms with van der Waals surface area (Å²) in [5.74, 6) is -0.189. The molecule has 0 heterocycles. The van der Waals surface area contributed by atoms with Gasteiger partial charge in [-0.15, -0.1) is 0 Å². The minimum absolute atomic E-state index is 0.0452. The highest BCUT2D eigenvalue weighted by Gasteiger charge is 2.04. The highest BCUT2D eigenvalue weighted by molar-refractivity contribution is 7.85. The van der Waals surface area contributed by atoms with Gasteiger partial charge in [-0.3, -0.25) is 9.35 Å². The second-order valence-electron chi connectivity index (χ2n) is 9.46. The Morgan fingerprint density at radius 1 is 0.594 bits per heavy atom. The summed E-state index contributed by atoms with van der Waals surface area (Å²) < 4.78 is 29.8. The zero-order valence-electron chi connectivity index (χ0n) is 21.1. The molecule has 6 heteroatoms. The van der Waals surface area contributed by atoms with Gasteiger partial charge in [0.2, 0.25) is 5.91 Å². The minimum Gasteiger partial charge on any atom is -0.356 e. The molecule has 0 aliphatic carbocycles. The molecule has 2 N–H and O–H groups in total. The fourth-order valence-corrected chi connectivity index (χ4v) is 4.66. The van der Waals surface area contributed by atoms with Gasteiger partial charge in [0.1, 0.15) is 0 Å². The van der Waals surface area contributed by atoms with Gasteiger partial charge >= 0.3 is 0 Å².